The molecule has 0 aromatic heterocycles. The van der Waals surface area contributed by atoms with Gasteiger partial charge in [0.25, 0.3) is 0 Å². The average molecular weight is 408 g/mol. The summed E-state index contributed by atoms with van der Waals surface area (Å²) in [7, 11) is 0. The SMILES string of the molecule is C=CCOCC1CN(c2ccc(OCc3c(Cl)cccc3Cl)cc2)C(=O)O1. The molecule has 1 amide bonds. The third-order valence-electron chi connectivity index (χ3n) is 4.01. The second kappa shape index (κ2) is 9.13. The van der Waals surface area contributed by atoms with Gasteiger partial charge in [-0.05, 0) is 36.4 Å². The zero-order chi connectivity index (χ0) is 19.2. The Balaban J connectivity index is 1.59. The Morgan fingerprint density at radius 2 is 1.89 bits per heavy atom. The van der Waals surface area contributed by atoms with Crippen molar-refractivity contribution in [2.24, 2.45) is 0 Å². The number of hydrogen-bond donors (Lipinski definition) is 0. The summed E-state index contributed by atoms with van der Waals surface area (Å²) in [5.74, 6) is 0.646. The molecule has 0 radical (unpaired) electrons. The van der Waals surface area contributed by atoms with Crippen LogP contribution in [0, 0.1) is 0 Å². The second-order valence-corrected chi connectivity index (χ2v) is 6.74. The molecule has 0 bridgehead atoms. The number of hydrogen-bond acceptors (Lipinski definition) is 4. The van der Waals surface area contributed by atoms with Crippen LogP contribution in [-0.2, 0) is 16.1 Å². The average Bonchev–Trinajstić information content (AvgIpc) is 3.03. The van der Waals surface area contributed by atoms with E-state index in [2.05, 4.69) is 6.58 Å². The number of carbonyl (C=O) groups is 1. The van der Waals surface area contributed by atoms with Crippen LogP contribution >= 0.6 is 23.2 Å². The van der Waals surface area contributed by atoms with E-state index in [-0.39, 0.29) is 12.7 Å². The van der Waals surface area contributed by atoms with Crippen molar-refractivity contribution < 1.29 is 19.0 Å². The molecule has 1 unspecified atom stereocenters. The number of carbonyl (C=O) groups excluding carboxylic acids is 1. The third-order valence-corrected chi connectivity index (χ3v) is 4.72. The molecule has 1 aliphatic heterocycles. The molecular weight excluding hydrogens is 389 g/mol. The minimum atomic E-state index is -0.390. The summed E-state index contributed by atoms with van der Waals surface area (Å²) in [6.45, 7) is 5.04. The van der Waals surface area contributed by atoms with Gasteiger partial charge in [-0.2, -0.15) is 0 Å². The number of nitrogens with zero attached hydrogens (tertiary/aromatic N) is 1. The van der Waals surface area contributed by atoms with Crippen molar-refractivity contribution in [2.75, 3.05) is 24.7 Å². The summed E-state index contributed by atoms with van der Waals surface area (Å²) in [5, 5.41) is 1.12. The van der Waals surface area contributed by atoms with Gasteiger partial charge in [-0.15, -0.1) is 6.58 Å². The first-order valence-electron chi connectivity index (χ1n) is 8.41. The molecule has 2 aromatic carbocycles. The Bertz CT molecular complexity index is 790. The van der Waals surface area contributed by atoms with Crippen molar-refractivity contribution in [1.29, 1.82) is 0 Å². The molecule has 1 aliphatic rings. The molecule has 0 saturated carbocycles. The lowest BCUT2D eigenvalue weighted by molar-refractivity contribution is 0.0580. The predicted molar refractivity (Wildman–Crippen MR) is 106 cm³/mol. The van der Waals surface area contributed by atoms with E-state index in [1.165, 1.54) is 0 Å². The van der Waals surface area contributed by atoms with Gasteiger partial charge in [-0.25, -0.2) is 4.79 Å². The van der Waals surface area contributed by atoms with Gasteiger partial charge in [0.2, 0.25) is 0 Å². The van der Waals surface area contributed by atoms with Crippen molar-refractivity contribution in [1.82, 2.24) is 0 Å². The van der Waals surface area contributed by atoms with E-state index in [0.29, 0.717) is 35.6 Å². The molecule has 27 heavy (non-hydrogen) atoms. The van der Waals surface area contributed by atoms with Crippen LogP contribution in [-0.4, -0.2) is 32.0 Å². The summed E-state index contributed by atoms with van der Waals surface area (Å²) in [6.07, 6.45) is 0.970. The molecular formula is C20H19Cl2NO4. The Morgan fingerprint density at radius 3 is 2.56 bits per heavy atom. The van der Waals surface area contributed by atoms with Gasteiger partial charge in [0.15, 0.2) is 0 Å². The molecule has 5 nitrogen and oxygen atoms in total. The van der Waals surface area contributed by atoms with Gasteiger partial charge in [0, 0.05) is 21.3 Å². The summed E-state index contributed by atoms with van der Waals surface area (Å²) >= 11 is 12.3. The first-order valence-corrected chi connectivity index (χ1v) is 9.16. The molecule has 0 N–H and O–H groups in total. The van der Waals surface area contributed by atoms with Crippen LogP contribution in [0.4, 0.5) is 10.5 Å². The highest BCUT2D eigenvalue weighted by Crippen LogP contribution is 2.28. The van der Waals surface area contributed by atoms with Gasteiger partial charge >= 0.3 is 6.09 Å². The number of benzene rings is 2. The highest BCUT2D eigenvalue weighted by molar-refractivity contribution is 6.35. The molecule has 0 aliphatic carbocycles. The zero-order valence-corrected chi connectivity index (χ0v) is 16.1. The smallest absolute Gasteiger partial charge is 0.414 e. The summed E-state index contributed by atoms with van der Waals surface area (Å²) in [6, 6.07) is 12.5. The van der Waals surface area contributed by atoms with Crippen molar-refractivity contribution in [3.05, 3.63) is 70.7 Å². The molecule has 142 valence electrons. The molecule has 1 saturated heterocycles. The number of amides is 1. The van der Waals surface area contributed by atoms with E-state index >= 15 is 0 Å². The molecule has 1 atom stereocenters. The Kier molecular flexibility index (Phi) is 6.61. The zero-order valence-electron chi connectivity index (χ0n) is 14.6. The van der Waals surface area contributed by atoms with Crippen LogP contribution in [0.15, 0.2) is 55.1 Å². The number of halogens is 2. The molecule has 3 rings (SSSR count). The maximum atomic E-state index is 12.1. The number of rotatable bonds is 8. The van der Waals surface area contributed by atoms with Crippen LogP contribution in [0.25, 0.3) is 0 Å². The van der Waals surface area contributed by atoms with E-state index in [4.69, 9.17) is 37.4 Å². The molecule has 1 fully saturated rings. The Morgan fingerprint density at radius 1 is 1.19 bits per heavy atom. The lowest BCUT2D eigenvalue weighted by atomic mass is 10.2. The first-order chi connectivity index (χ1) is 13.1. The van der Waals surface area contributed by atoms with Crippen LogP contribution in [0.5, 0.6) is 5.75 Å². The van der Waals surface area contributed by atoms with Crippen molar-refractivity contribution in [3.8, 4) is 5.75 Å². The molecule has 0 spiro atoms. The predicted octanol–water partition coefficient (Wildman–Crippen LogP) is 5.10. The minimum absolute atomic E-state index is 0.256. The van der Waals surface area contributed by atoms with E-state index in [1.807, 2.05) is 0 Å². The van der Waals surface area contributed by atoms with Crippen LogP contribution in [0.3, 0.4) is 0 Å². The Labute approximate surface area is 168 Å². The van der Waals surface area contributed by atoms with Crippen LogP contribution in [0.1, 0.15) is 5.56 Å². The monoisotopic (exact) mass is 407 g/mol. The van der Waals surface area contributed by atoms with Crippen molar-refractivity contribution in [2.45, 2.75) is 12.7 Å². The lowest BCUT2D eigenvalue weighted by Gasteiger charge is -2.14. The van der Waals surface area contributed by atoms with Gasteiger partial charge in [0.1, 0.15) is 18.5 Å². The maximum Gasteiger partial charge on any atom is 0.414 e. The maximum absolute atomic E-state index is 12.1. The minimum Gasteiger partial charge on any atom is -0.489 e. The second-order valence-electron chi connectivity index (χ2n) is 5.93. The van der Waals surface area contributed by atoms with E-state index in [1.54, 1.807) is 53.4 Å². The summed E-state index contributed by atoms with van der Waals surface area (Å²) < 4.78 is 16.4. The van der Waals surface area contributed by atoms with Gasteiger partial charge in [-0.3, -0.25) is 4.90 Å². The lowest BCUT2D eigenvalue weighted by Crippen LogP contribution is -2.25. The first kappa shape index (κ1) is 19.5. The van der Waals surface area contributed by atoms with Gasteiger partial charge in [0.05, 0.1) is 19.8 Å². The van der Waals surface area contributed by atoms with Crippen LogP contribution < -0.4 is 9.64 Å². The standard InChI is InChI=1S/C20H19Cl2NO4/c1-2-10-25-12-16-11-23(20(24)27-16)14-6-8-15(9-7-14)26-13-17-18(21)4-3-5-19(17)22/h2-9,16H,1,10-13H2. The highest BCUT2D eigenvalue weighted by Gasteiger charge is 2.32. The van der Waals surface area contributed by atoms with E-state index < -0.39 is 6.09 Å². The topological polar surface area (TPSA) is 48.0 Å². The fourth-order valence-corrected chi connectivity index (χ4v) is 3.16. The summed E-state index contributed by atoms with van der Waals surface area (Å²) in [4.78, 5) is 13.6. The van der Waals surface area contributed by atoms with E-state index in [0.717, 1.165) is 11.3 Å². The normalized spacial score (nSPS) is 16.3. The largest absolute Gasteiger partial charge is 0.489 e. The summed E-state index contributed by atoms with van der Waals surface area (Å²) in [5.41, 5.74) is 1.46. The fourth-order valence-electron chi connectivity index (χ4n) is 2.65. The fraction of sp³-hybridized carbons (Fsp3) is 0.250. The number of ether oxygens (including phenoxy) is 3. The highest BCUT2D eigenvalue weighted by atomic mass is 35.5. The van der Waals surface area contributed by atoms with Crippen molar-refractivity contribution >= 4 is 35.0 Å². The van der Waals surface area contributed by atoms with E-state index in [9.17, 15) is 4.79 Å². The van der Waals surface area contributed by atoms with Gasteiger partial charge in [-0.1, -0.05) is 35.3 Å². The number of anilines is 1. The van der Waals surface area contributed by atoms with Crippen LogP contribution in [0.2, 0.25) is 10.0 Å². The molecule has 1 heterocycles. The van der Waals surface area contributed by atoms with Gasteiger partial charge < -0.3 is 14.2 Å². The quantitative estimate of drug-likeness (QED) is 0.451. The third kappa shape index (κ3) is 4.95. The molecule has 2 aromatic rings. The molecule has 7 heteroatoms. The Hall–Kier alpha value is -2.21. The van der Waals surface area contributed by atoms with Crippen molar-refractivity contribution in [3.63, 3.8) is 0 Å². The number of cyclic esters (lactones) is 1.